The fourth-order valence-electron chi connectivity index (χ4n) is 5.60. The number of carbonyl (C=O) groups is 2. The SMILES string of the molecule is COc1cccc(CN(C(=O)CCCN(c2ccc(C)cc2)S(C)(=O)=O)C(Cc2ccccc2)C(=O)NC2CCCC2)c1. The maximum absolute atomic E-state index is 14.0. The Bertz CT molecular complexity index is 1450. The number of anilines is 1. The average Bonchev–Trinajstić information content (AvgIpc) is 3.50. The fraction of sp³-hybridized carbons (Fsp3) is 0.412. The lowest BCUT2D eigenvalue weighted by atomic mass is 10.0. The van der Waals surface area contributed by atoms with E-state index in [4.69, 9.17) is 4.74 Å². The van der Waals surface area contributed by atoms with Crippen molar-refractivity contribution in [1.29, 1.82) is 0 Å². The summed E-state index contributed by atoms with van der Waals surface area (Å²) in [6.45, 7) is 2.32. The highest BCUT2D eigenvalue weighted by atomic mass is 32.2. The van der Waals surface area contributed by atoms with Crippen molar-refractivity contribution in [2.24, 2.45) is 0 Å². The van der Waals surface area contributed by atoms with Gasteiger partial charge in [0.1, 0.15) is 11.8 Å². The summed E-state index contributed by atoms with van der Waals surface area (Å²) < 4.78 is 32.1. The Morgan fingerprint density at radius 3 is 2.28 bits per heavy atom. The van der Waals surface area contributed by atoms with E-state index in [1.165, 1.54) is 10.6 Å². The molecule has 0 bridgehead atoms. The third-order valence-electron chi connectivity index (χ3n) is 7.93. The summed E-state index contributed by atoms with van der Waals surface area (Å²) in [4.78, 5) is 29.6. The lowest BCUT2D eigenvalue weighted by Crippen LogP contribution is -2.52. The summed E-state index contributed by atoms with van der Waals surface area (Å²) in [7, 11) is -1.96. The molecule has 1 aliphatic carbocycles. The molecule has 9 heteroatoms. The molecule has 1 unspecified atom stereocenters. The summed E-state index contributed by atoms with van der Waals surface area (Å²) in [6.07, 6.45) is 5.97. The summed E-state index contributed by atoms with van der Waals surface area (Å²) in [5.41, 5.74) is 3.39. The summed E-state index contributed by atoms with van der Waals surface area (Å²) in [6, 6.07) is 23.9. The van der Waals surface area contributed by atoms with Gasteiger partial charge in [-0.1, -0.05) is 73.0 Å². The maximum atomic E-state index is 14.0. The molecule has 3 aromatic rings. The van der Waals surface area contributed by atoms with E-state index in [-0.39, 0.29) is 37.4 Å². The fourth-order valence-corrected chi connectivity index (χ4v) is 6.57. The predicted molar refractivity (Wildman–Crippen MR) is 170 cm³/mol. The first-order valence-corrected chi connectivity index (χ1v) is 16.8. The summed E-state index contributed by atoms with van der Waals surface area (Å²) in [5.74, 6) is 0.300. The number of amides is 2. The standard InChI is InChI=1S/C34H43N3O5S/c1-26-18-20-30(21-19-26)37(43(3,40)41)22-10-17-33(38)36(25-28-13-9-16-31(23-28)42-2)32(24-27-11-5-4-6-12-27)34(39)35-29-14-7-8-15-29/h4-6,9,11-13,16,18-21,23,29,32H,7-8,10,14-15,17,22,24-25H2,1-3H3,(H,35,39). The van der Waals surface area contributed by atoms with Gasteiger partial charge in [-0.3, -0.25) is 13.9 Å². The molecule has 1 N–H and O–H groups in total. The number of benzene rings is 3. The molecule has 0 aliphatic heterocycles. The minimum Gasteiger partial charge on any atom is -0.497 e. The van der Waals surface area contributed by atoms with Crippen LogP contribution in [0.3, 0.4) is 0 Å². The number of nitrogens with one attached hydrogen (secondary N) is 1. The van der Waals surface area contributed by atoms with Crippen LogP contribution in [0.25, 0.3) is 0 Å². The molecule has 0 spiro atoms. The average molecular weight is 606 g/mol. The van der Waals surface area contributed by atoms with Gasteiger partial charge in [-0.15, -0.1) is 0 Å². The number of nitrogens with zero attached hydrogens (tertiary/aromatic N) is 2. The van der Waals surface area contributed by atoms with Crippen molar-refractivity contribution in [2.45, 2.75) is 70.5 Å². The highest BCUT2D eigenvalue weighted by Crippen LogP contribution is 2.23. The van der Waals surface area contributed by atoms with Gasteiger partial charge in [-0.05, 0) is 61.6 Å². The molecular formula is C34H43N3O5S. The van der Waals surface area contributed by atoms with E-state index in [1.54, 1.807) is 24.1 Å². The van der Waals surface area contributed by atoms with Gasteiger partial charge < -0.3 is 15.0 Å². The molecule has 4 rings (SSSR count). The zero-order valence-corrected chi connectivity index (χ0v) is 26.2. The molecule has 1 saturated carbocycles. The van der Waals surface area contributed by atoms with Crippen molar-refractivity contribution in [1.82, 2.24) is 10.2 Å². The van der Waals surface area contributed by atoms with Gasteiger partial charge in [-0.25, -0.2) is 8.42 Å². The third kappa shape index (κ3) is 9.32. The topological polar surface area (TPSA) is 96.0 Å². The quantitative estimate of drug-likeness (QED) is 0.271. The van der Waals surface area contributed by atoms with E-state index in [2.05, 4.69) is 5.32 Å². The van der Waals surface area contributed by atoms with Crippen molar-refractivity contribution in [2.75, 3.05) is 24.2 Å². The van der Waals surface area contributed by atoms with Crippen LogP contribution in [0.5, 0.6) is 5.75 Å². The molecule has 0 aromatic heterocycles. The Kier molecular flexibility index (Phi) is 11.2. The molecule has 3 aromatic carbocycles. The van der Waals surface area contributed by atoms with Crippen LogP contribution in [-0.4, -0.2) is 57.1 Å². The molecule has 1 aliphatic rings. The smallest absolute Gasteiger partial charge is 0.243 e. The minimum atomic E-state index is -3.56. The number of methoxy groups -OCH3 is 1. The molecule has 1 atom stereocenters. The molecular weight excluding hydrogens is 562 g/mol. The van der Waals surface area contributed by atoms with Gasteiger partial charge >= 0.3 is 0 Å². The van der Waals surface area contributed by atoms with Crippen LogP contribution in [0, 0.1) is 6.92 Å². The maximum Gasteiger partial charge on any atom is 0.243 e. The van der Waals surface area contributed by atoms with Crippen LogP contribution in [0.4, 0.5) is 5.69 Å². The molecule has 0 heterocycles. The monoisotopic (exact) mass is 605 g/mol. The molecule has 43 heavy (non-hydrogen) atoms. The van der Waals surface area contributed by atoms with Crippen molar-refractivity contribution in [3.63, 3.8) is 0 Å². The first-order chi connectivity index (χ1) is 20.6. The van der Waals surface area contributed by atoms with Gasteiger partial charge in [0, 0.05) is 32.0 Å². The number of ether oxygens (including phenoxy) is 1. The van der Waals surface area contributed by atoms with Gasteiger partial charge in [0.25, 0.3) is 0 Å². The van der Waals surface area contributed by atoms with E-state index < -0.39 is 16.1 Å². The van der Waals surface area contributed by atoms with Crippen LogP contribution in [-0.2, 0) is 32.6 Å². The molecule has 0 saturated heterocycles. The summed E-state index contributed by atoms with van der Waals surface area (Å²) in [5, 5.41) is 3.22. The van der Waals surface area contributed by atoms with Crippen molar-refractivity contribution in [3.05, 3.63) is 95.6 Å². The molecule has 1 fully saturated rings. The Hall–Kier alpha value is -3.85. The van der Waals surface area contributed by atoms with Crippen molar-refractivity contribution in [3.8, 4) is 5.75 Å². The minimum absolute atomic E-state index is 0.0872. The molecule has 8 nitrogen and oxygen atoms in total. The van der Waals surface area contributed by atoms with Gasteiger partial charge in [0.2, 0.25) is 21.8 Å². The highest BCUT2D eigenvalue weighted by molar-refractivity contribution is 7.92. The number of hydrogen-bond donors (Lipinski definition) is 1. The summed E-state index contributed by atoms with van der Waals surface area (Å²) >= 11 is 0. The Balaban J connectivity index is 1.59. The molecule has 2 amide bonds. The van der Waals surface area contributed by atoms with Crippen LogP contribution in [0.15, 0.2) is 78.9 Å². The van der Waals surface area contributed by atoms with Crippen molar-refractivity contribution < 1.29 is 22.7 Å². The van der Waals surface area contributed by atoms with Gasteiger partial charge in [0.15, 0.2) is 0 Å². The first kappa shape index (κ1) is 32.1. The second-order valence-electron chi connectivity index (χ2n) is 11.3. The van der Waals surface area contributed by atoms with Crippen molar-refractivity contribution >= 4 is 27.5 Å². The molecule has 0 radical (unpaired) electrons. The number of rotatable bonds is 14. The Morgan fingerprint density at radius 1 is 0.953 bits per heavy atom. The Labute approximate surface area is 256 Å². The van der Waals surface area contributed by atoms with Crippen LogP contribution in [0.2, 0.25) is 0 Å². The number of sulfonamides is 1. The normalized spacial score (nSPS) is 14.2. The predicted octanol–water partition coefficient (Wildman–Crippen LogP) is 5.25. The second kappa shape index (κ2) is 15.0. The number of hydrogen-bond acceptors (Lipinski definition) is 5. The number of carbonyl (C=O) groups excluding carboxylic acids is 2. The lowest BCUT2D eigenvalue weighted by molar-refractivity contribution is -0.141. The van der Waals surface area contributed by atoms with Gasteiger partial charge in [0.05, 0.1) is 19.1 Å². The van der Waals surface area contributed by atoms with E-state index in [1.807, 2.05) is 73.7 Å². The zero-order valence-electron chi connectivity index (χ0n) is 25.4. The molecule has 230 valence electrons. The highest BCUT2D eigenvalue weighted by Gasteiger charge is 2.32. The van der Waals surface area contributed by atoms with E-state index >= 15 is 0 Å². The van der Waals surface area contributed by atoms with E-state index in [9.17, 15) is 18.0 Å². The third-order valence-corrected chi connectivity index (χ3v) is 9.13. The first-order valence-electron chi connectivity index (χ1n) is 14.9. The zero-order chi connectivity index (χ0) is 30.8. The lowest BCUT2D eigenvalue weighted by Gasteiger charge is -2.33. The largest absolute Gasteiger partial charge is 0.497 e. The van der Waals surface area contributed by atoms with Crippen LogP contribution >= 0.6 is 0 Å². The van der Waals surface area contributed by atoms with E-state index in [0.29, 0.717) is 24.3 Å². The van der Waals surface area contributed by atoms with E-state index in [0.717, 1.165) is 42.4 Å². The second-order valence-corrected chi connectivity index (χ2v) is 13.2. The number of aryl methyl sites for hydroxylation is 1. The Morgan fingerprint density at radius 2 is 1.63 bits per heavy atom. The van der Waals surface area contributed by atoms with Crippen LogP contribution < -0.4 is 14.4 Å². The van der Waals surface area contributed by atoms with Crippen LogP contribution in [0.1, 0.15) is 55.2 Å². The van der Waals surface area contributed by atoms with Gasteiger partial charge in [-0.2, -0.15) is 0 Å².